The highest BCUT2D eigenvalue weighted by atomic mass is 35.5. The fourth-order valence-electron chi connectivity index (χ4n) is 2.66. The van der Waals surface area contributed by atoms with E-state index in [4.69, 9.17) is 32.7 Å². The molecule has 7 heteroatoms. The molecule has 1 aromatic carbocycles. The van der Waals surface area contributed by atoms with Crippen LogP contribution in [0.4, 0.5) is 0 Å². The third-order valence-electron chi connectivity index (χ3n) is 3.65. The van der Waals surface area contributed by atoms with E-state index in [1.165, 1.54) is 6.33 Å². The predicted octanol–water partition coefficient (Wildman–Crippen LogP) is 3.65. The molecule has 0 spiro atoms. The Bertz CT molecular complexity index is 636. The van der Waals surface area contributed by atoms with Gasteiger partial charge in [0.15, 0.2) is 0 Å². The molecule has 5 nitrogen and oxygen atoms in total. The maximum Gasteiger partial charge on any atom is 0.217 e. The minimum Gasteiger partial charge on any atom is -0.342 e. The van der Waals surface area contributed by atoms with E-state index < -0.39 is 5.79 Å². The van der Waals surface area contributed by atoms with E-state index in [1.54, 1.807) is 23.1 Å². The number of benzene rings is 1. The Kier molecular flexibility index (Phi) is 4.68. The van der Waals surface area contributed by atoms with Gasteiger partial charge in [0.1, 0.15) is 19.2 Å². The summed E-state index contributed by atoms with van der Waals surface area (Å²) in [6, 6.07) is 5.32. The van der Waals surface area contributed by atoms with Gasteiger partial charge in [-0.3, -0.25) is 0 Å². The second-order valence-electron chi connectivity index (χ2n) is 5.31. The number of hydrogen-bond acceptors (Lipinski definition) is 4. The van der Waals surface area contributed by atoms with E-state index in [9.17, 15) is 0 Å². The largest absolute Gasteiger partial charge is 0.342 e. The summed E-state index contributed by atoms with van der Waals surface area (Å²) in [4.78, 5) is 3.97. The highest BCUT2D eigenvalue weighted by Gasteiger charge is 2.45. The first-order valence-corrected chi connectivity index (χ1v) is 7.98. The van der Waals surface area contributed by atoms with Gasteiger partial charge in [-0.25, -0.2) is 9.67 Å². The van der Waals surface area contributed by atoms with E-state index in [0.717, 1.165) is 18.4 Å². The predicted molar refractivity (Wildman–Crippen MR) is 83.9 cm³/mol. The zero-order valence-electron chi connectivity index (χ0n) is 12.2. The number of nitrogens with zero attached hydrogens (tertiary/aromatic N) is 3. The zero-order chi connectivity index (χ0) is 15.6. The van der Waals surface area contributed by atoms with Crippen LogP contribution in [-0.2, 0) is 21.8 Å². The van der Waals surface area contributed by atoms with Crippen molar-refractivity contribution in [1.82, 2.24) is 14.8 Å². The molecule has 1 aliphatic rings. The lowest BCUT2D eigenvalue weighted by Crippen LogP contribution is -2.34. The number of hydrogen-bond donors (Lipinski definition) is 0. The Morgan fingerprint density at radius 2 is 2.27 bits per heavy atom. The van der Waals surface area contributed by atoms with E-state index >= 15 is 0 Å². The van der Waals surface area contributed by atoms with Crippen molar-refractivity contribution in [3.05, 3.63) is 46.5 Å². The number of aromatic nitrogens is 3. The summed E-state index contributed by atoms with van der Waals surface area (Å²) in [6.45, 7) is 3.03. The smallest absolute Gasteiger partial charge is 0.217 e. The van der Waals surface area contributed by atoms with Crippen molar-refractivity contribution in [1.29, 1.82) is 0 Å². The molecule has 3 rings (SSSR count). The second-order valence-corrected chi connectivity index (χ2v) is 6.15. The number of halogens is 2. The van der Waals surface area contributed by atoms with Crippen LogP contribution in [0.2, 0.25) is 10.0 Å². The summed E-state index contributed by atoms with van der Waals surface area (Å²) in [7, 11) is 0. The quantitative estimate of drug-likeness (QED) is 0.832. The van der Waals surface area contributed by atoms with Gasteiger partial charge in [-0.05, 0) is 18.6 Å². The van der Waals surface area contributed by atoms with Crippen LogP contribution >= 0.6 is 23.2 Å². The van der Waals surface area contributed by atoms with Gasteiger partial charge >= 0.3 is 0 Å². The van der Waals surface area contributed by atoms with Crippen molar-refractivity contribution in [3.63, 3.8) is 0 Å². The molecular weight excluding hydrogens is 325 g/mol. The monoisotopic (exact) mass is 341 g/mol. The standard InChI is InChI=1S/C15H17Cl2N3O2/c1-2-3-12-7-21-15(22-12,8-20-10-18-9-19-20)13-5-4-11(16)6-14(13)17/h4-6,9-10,12H,2-3,7-8H2,1H3/t12?,15-/m0/s1. The highest BCUT2D eigenvalue weighted by molar-refractivity contribution is 6.35. The van der Waals surface area contributed by atoms with Gasteiger partial charge in [-0.2, -0.15) is 5.10 Å². The molecule has 118 valence electrons. The maximum atomic E-state index is 6.37. The van der Waals surface area contributed by atoms with Gasteiger partial charge in [0.25, 0.3) is 0 Å². The first kappa shape index (κ1) is 15.7. The SMILES string of the molecule is CCCC1CO[C@](Cn2cncn2)(c2ccc(Cl)cc2Cl)O1. The summed E-state index contributed by atoms with van der Waals surface area (Å²) in [5.74, 6) is -0.963. The van der Waals surface area contributed by atoms with Crippen LogP contribution in [0.3, 0.4) is 0 Å². The van der Waals surface area contributed by atoms with Gasteiger partial charge in [-0.15, -0.1) is 0 Å². The second kappa shape index (κ2) is 6.54. The highest BCUT2D eigenvalue weighted by Crippen LogP contribution is 2.41. The molecule has 2 aromatic rings. The minimum atomic E-state index is -0.963. The lowest BCUT2D eigenvalue weighted by molar-refractivity contribution is -0.189. The maximum absolute atomic E-state index is 6.37. The molecule has 1 unspecified atom stereocenters. The lowest BCUT2D eigenvalue weighted by Gasteiger charge is -2.29. The Morgan fingerprint density at radius 3 is 2.95 bits per heavy atom. The molecule has 0 radical (unpaired) electrons. The molecule has 1 aliphatic heterocycles. The van der Waals surface area contributed by atoms with Crippen molar-refractivity contribution in [2.24, 2.45) is 0 Å². The van der Waals surface area contributed by atoms with E-state index in [2.05, 4.69) is 17.0 Å². The zero-order valence-corrected chi connectivity index (χ0v) is 13.7. The molecule has 0 bridgehead atoms. The van der Waals surface area contributed by atoms with Crippen LogP contribution in [0.15, 0.2) is 30.9 Å². The topological polar surface area (TPSA) is 49.2 Å². The molecule has 1 fully saturated rings. The Balaban J connectivity index is 1.96. The average molecular weight is 342 g/mol. The van der Waals surface area contributed by atoms with Gasteiger partial charge in [-0.1, -0.05) is 42.6 Å². The molecule has 2 heterocycles. The van der Waals surface area contributed by atoms with Crippen LogP contribution in [0.5, 0.6) is 0 Å². The fourth-order valence-corrected chi connectivity index (χ4v) is 3.22. The van der Waals surface area contributed by atoms with Crippen molar-refractivity contribution < 1.29 is 9.47 Å². The summed E-state index contributed by atoms with van der Waals surface area (Å²) < 4.78 is 14.0. The fraction of sp³-hybridized carbons (Fsp3) is 0.467. The van der Waals surface area contributed by atoms with Crippen molar-refractivity contribution >= 4 is 23.2 Å². The van der Waals surface area contributed by atoms with E-state index in [-0.39, 0.29) is 6.10 Å². The van der Waals surface area contributed by atoms with Crippen molar-refractivity contribution in [2.45, 2.75) is 38.2 Å². The van der Waals surface area contributed by atoms with Gasteiger partial charge < -0.3 is 9.47 Å². The molecule has 0 N–H and O–H groups in total. The lowest BCUT2D eigenvalue weighted by atomic mass is 10.1. The molecule has 0 amide bonds. The Hall–Kier alpha value is -1.14. The van der Waals surface area contributed by atoms with Crippen LogP contribution in [0.25, 0.3) is 0 Å². The number of ether oxygens (including phenoxy) is 2. The minimum absolute atomic E-state index is 0.0419. The molecular formula is C15H17Cl2N3O2. The van der Waals surface area contributed by atoms with Crippen molar-refractivity contribution in [2.75, 3.05) is 6.61 Å². The van der Waals surface area contributed by atoms with Gasteiger partial charge in [0.05, 0.1) is 17.7 Å². The van der Waals surface area contributed by atoms with E-state index in [0.29, 0.717) is 23.2 Å². The molecule has 22 heavy (non-hydrogen) atoms. The summed E-state index contributed by atoms with van der Waals surface area (Å²) >= 11 is 12.4. The molecule has 0 saturated carbocycles. The summed E-state index contributed by atoms with van der Waals surface area (Å²) in [5.41, 5.74) is 0.757. The molecule has 1 aromatic heterocycles. The number of rotatable bonds is 5. The summed E-state index contributed by atoms with van der Waals surface area (Å²) in [5, 5.41) is 5.24. The Labute approximate surface area is 139 Å². The molecule has 0 aliphatic carbocycles. The van der Waals surface area contributed by atoms with Crippen LogP contribution < -0.4 is 0 Å². The third-order valence-corrected chi connectivity index (χ3v) is 4.20. The molecule has 1 saturated heterocycles. The first-order valence-electron chi connectivity index (χ1n) is 7.22. The van der Waals surface area contributed by atoms with Crippen LogP contribution in [-0.4, -0.2) is 27.5 Å². The Morgan fingerprint density at radius 1 is 1.41 bits per heavy atom. The summed E-state index contributed by atoms with van der Waals surface area (Å²) in [6.07, 6.45) is 5.12. The van der Waals surface area contributed by atoms with Crippen molar-refractivity contribution in [3.8, 4) is 0 Å². The van der Waals surface area contributed by atoms with Crippen LogP contribution in [0, 0.1) is 0 Å². The van der Waals surface area contributed by atoms with E-state index in [1.807, 2.05) is 6.07 Å². The van der Waals surface area contributed by atoms with Crippen LogP contribution in [0.1, 0.15) is 25.3 Å². The first-order chi connectivity index (χ1) is 10.6. The third kappa shape index (κ3) is 3.13. The average Bonchev–Trinajstić information content (AvgIpc) is 3.10. The van der Waals surface area contributed by atoms with Gasteiger partial charge in [0.2, 0.25) is 5.79 Å². The normalized spacial score (nSPS) is 24.8. The molecule has 2 atom stereocenters. The van der Waals surface area contributed by atoms with Gasteiger partial charge in [0, 0.05) is 10.6 Å².